The molecule has 0 spiro atoms. The average Bonchev–Trinajstić information content (AvgIpc) is 3.20. The normalized spacial score (nSPS) is 17.1. The maximum Gasteiger partial charge on any atom is 0.326 e. The molecular formula is C24H30N4O3. The number of nitrogens with one attached hydrogen (secondary N) is 1. The highest BCUT2D eigenvalue weighted by atomic mass is 16.5. The van der Waals surface area contributed by atoms with Gasteiger partial charge in [0.2, 0.25) is 5.91 Å². The largest absolute Gasteiger partial charge is 0.497 e. The molecule has 1 aromatic heterocycles. The molecule has 7 heteroatoms. The number of rotatable bonds is 7. The Morgan fingerprint density at radius 3 is 2.55 bits per heavy atom. The molecule has 2 aliphatic rings. The molecule has 0 atom stereocenters. The maximum atomic E-state index is 12.9. The van der Waals surface area contributed by atoms with Crippen LogP contribution >= 0.6 is 0 Å². The number of pyridine rings is 1. The number of aryl methyl sites for hydroxylation is 1. The molecule has 0 radical (unpaired) electrons. The number of benzene rings is 1. The summed E-state index contributed by atoms with van der Waals surface area (Å²) >= 11 is 0. The molecule has 1 aliphatic heterocycles. The Hall–Kier alpha value is -3.09. The molecular weight excluding hydrogens is 392 g/mol. The summed E-state index contributed by atoms with van der Waals surface area (Å²) in [5.41, 5.74) is 1.72. The summed E-state index contributed by atoms with van der Waals surface area (Å²) in [4.78, 5) is 33.3. The van der Waals surface area contributed by atoms with Crippen molar-refractivity contribution in [1.82, 2.24) is 9.88 Å². The monoisotopic (exact) mass is 422 g/mol. The number of nitrogens with zero attached hydrogens (tertiary/aromatic N) is 3. The zero-order valence-electron chi connectivity index (χ0n) is 18.0. The van der Waals surface area contributed by atoms with E-state index < -0.39 is 0 Å². The third kappa shape index (κ3) is 5.16. The van der Waals surface area contributed by atoms with Crippen LogP contribution in [0.2, 0.25) is 0 Å². The molecule has 1 N–H and O–H groups in total. The van der Waals surface area contributed by atoms with Gasteiger partial charge in [-0.15, -0.1) is 0 Å². The zero-order chi connectivity index (χ0) is 21.6. The number of ether oxygens (including phenoxy) is 1. The minimum Gasteiger partial charge on any atom is -0.497 e. The first-order valence-electron chi connectivity index (χ1n) is 11.1. The van der Waals surface area contributed by atoms with Gasteiger partial charge in [0.1, 0.15) is 11.6 Å². The quantitative estimate of drug-likeness (QED) is 0.724. The lowest BCUT2D eigenvalue weighted by atomic mass is 9.94. The summed E-state index contributed by atoms with van der Waals surface area (Å²) in [5.74, 6) is 1.38. The van der Waals surface area contributed by atoms with Gasteiger partial charge in [-0.3, -0.25) is 9.69 Å². The van der Waals surface area contributed by atoms with Crippen LogP contribution in [0.15, 0.2) is 42.6 Å². The lowest BCUT2D eigenvalue weighted by Crippen LogP contribution is -2.40. The van der Waals surface area contributed by atoms with Gasteiger partial charge in [0, 0.05) is 25.6 Å². The van der Waals surface area contributed by atoms with Gasteiger partial charge in [-0.25, -0.2) is 9.78 Å². The number of hydrogen-bond acceptors (Lipinski definition) is 4. The minimum atomic E-state index is -0.0638. The van der Waals surface area contributed by atoms with Crippen molar-refractivity contribution in [2.24, 2.45) is 0 Å². The summed E-state index contributed by atoms with van der Waals surface area (Å²) in [6.07, 6.45) is 8.56. The molecule has 1 saturated carbocycles. The summed E-state index contributed by atoms with van der Waals surface area (Å²) < 4.78 is 5.15. The van der Waals surface area contributed by atoms with Gasteiger partial charge in [0.25, 0.3) is 0 Å². The number of aromatic nitrogens is 1. The van der Waals surface area contributed by atoms with E-state index in [0.29, 0.717) is 36.9 Å². The second-order valence-corrected chi connectivity index (χ2v) is 8.22. The zero-order valence-corrected chi connectivity index (χ0v) is 18.0. The van der Waals surface area contributed by atoms with E-state index in [-0.39, 0.29) is 11.9 Å². The summed E-state index contributed by atoms with van der Waals surface area (Å²) in [6.45, 7) is 1.42. The predicted octanol–water partition coefficient (Wildman–Crippen LogP) is 4.24. The Balaban J connectivity index is 1.28. The number of methoxy groups -OCH3 is 1. The highest BCUT2D eigenvalue weighted by Gasteiger charge is 2.35. The number of carbonyl (C=O) groups excluding carboxylic acids is 2. The Bertz CT molecular complexity index is 892. The highest BCUT2D eigenvalue weighted by molar-refractivity contribution is 5.94. The smallest absolute Gasteiger partial charge is 0.326 e. The summed E-state index contributed by atoms with van der Waals surface area (Å²) in [6, 6.07) is 11.8. The van der Waals surface area contributed by atoms with E-state index in [2.05, 4.69) is 10.3 Å². The number of urea groups is 1. The molecule has 2 fully saturated rings. The van der Waals surface area contributed by atoms with E-state index >= 15 is 0 Å². The first kappa shape index (κ1) is 21.2. The average molecular weight is 423 g/mol. The molecule has 2 heterocycles. The maximum absolute atomic E-state index is 12.9. The van der Waals surface area contributed by atoms with Crippen molar-refractivity contribution < 1.29 is 14.3 Å². The molecule has 7 nitrogen and oxygen atoms in total. The molecule has 164 valence electrons. The van der Waals surface area contributed by atoms with Crippen molar-refractivity contribution in [3.8, 4) is 5.75 Å². The second kappa shape index (κ2) is 9.81. The lowest BCUT2D eigenvalue weighted by Gasteiger charge is -2.30. The highest BCUT2D eigenvalue weighted by Crippen LogP contribution is 2.28. The Kier molecular flexibility index (Phi) is 6.70. The molecule has 1 saturated heterocycles. The van der Waals surface area contributed by atoms with Crippen LogP contribution in [0.3, 0.4) is 0 Å². The van der Waals surface area contributed by atoms with Crippen LogP contribution in [0.4, 0.5) is 16.3 Å². The minimum absolute atomic E-state index is 0.0516. The van der Waals surface area contributed by atoms with E-state index in [4.69, 9.17) is 4.74 Å². The van der Waals surface area contributed by atoms with Gasteiger partial charge < -0.3 is 15.0 Å². The van der Waals surface area contributed by atoms with E-state index in [0.717, 1.165) is 30.7 Å². The standard InChI is InChI=1S/C24H30N4O3/c1-31-21-11-7-18(8-12-21)9-14-23(29)26-19-10-13-22(25-17-19)28-16-15-27(24(28)30)20-5-3-2-4-6-20/h7-8,10-13,17,20H,2-6,9,14-16H2,1H3,(H,26,29). The third-order valence-electron chi connectivity index (χ3n) is 6.16. The Morgan fingerprint density at radius 2 is 1.87 bits per heavy atom. The fourth-order valence-corrected chi connectivity index (χ4v) is 4.39. The van der Waals surface area contributed by atoms with Crippen LogP contribution in [-0.2, 0) is 11.2 Å². The molecule has 31 heavy (non-hydrogen) atoms. The van der Waals surface area contributed by atoms with E-state index in [1.54, 1.807) is 24.3 Å². The van der Waals surface area contributed by atoms with Gasteiger partial charge in [-0.2, -0.15) is 0 Å². The van der Waals surface area contributed by atoms with Crippen LogP contribution in [0.5, 0.6) is 5.75 Å². The first-order valence-corrected chi connectivity index (χ1v) is 11.1. The Morgan fingerprint density at radius 1 is 1.10 bits per heavy atom. The van der Waals surface area contributed by atoms with E-state index in [1.165, 1.54) is 19.3 Å². The molecule has 1 aromatic carbocycles. The number of anilines is 2. The third-order valence-corrected chi connectivity index (χ3v) is 6.16. The molecule has 1 aliphatic carbocycles. The summed E-state index contributed by atoms with van der Waals surface area (Å²) in [7, 11) is 1.63. The van der Waals surface area contributed by atoms with Gasteiger partial charge >= 0.3 is 6.03 Å². The Labute approximate surface area is 183 Å². The van der Waals surface area contributed by atoms with Crippen molar-refractivity contribution in [3.05, 3.63) is 48.2 Å². The molecule has 4 rings (SSSR count). The van der Waals surface area contributed by atoms with Crippen molar-refractivity contribution in [2.75, 3.05) is 30.4 Å². The van der Waals surface area contributed by atoms with Crippen LogP contribution in [0.25, 0.3) is 0 Å². The second-order valence-electron chi connectivity index (χ2n) is 8.22. The molecule has 3 amide bonds. The van der Waals surface area contributed by atoms with Crippen LogP contribution in [0.1, 0.15) is 44.1 Å². The van der Waals surface area contributed by atoms with Gasteiger partial charge in [-0.05, 0) is 49.1 Å². The van der Waals surface area contributed by atoms with Gasteiger partial charge in [0.05, 0.1) is 19.0 Å². The predicted molar refractivity (Wildman–Crippen MR) is 121 cm³/mol. The van der Waals surface area contributed by atoms with Crippen LogP contribution < -0.4 is 15.0 Å². The fraction of sp³-hybridized carbons (Fsp3) is 0.458. The summed E-state index contributed by atoms with van der Waals surface area (Å²) in [5, 5.41) is 2.88. The molecule has 0 unspecified atom stereocenters. The van der Waals surface area contributed by atoms with E-state index in [1.807, 2.05) is 35.2 Å². The lowest BCUT2D eigenvalue weighted by molar-refractivity contribution is -0.116. The van der Waals surface area contributed by atoms with Crippen LogP contribution in [0, 0.1) is 0 Å². The van der Waals surface area contributed by atoms with Crippen molar-refractivity contribution >= 4 is 23.4 Å². The van der Waals surface area contributed by atoms with Crippen LogP contribution in [-0.4, -0.2) is 48.1 Å². The van der Waals surface area contributed by atoms with Crippen molar-refractivity contribution in [2.45, 2.75) is 51.0 Å². The topological polar surface area (TPSA) is 74.8 Å². The first-order chi connectivity index (χ1) is 15.1. The number of carbonyl (C=O) groups is 2. The van der Waals surface area contributed by atoms with Crippen molar-refractivity contribution in [1.29, 1.82) is 0 Å². The van der Waals surface area contributed by atoms with Gasteiger partial charge in [-0.1, -0.05) is 31.4 Å². The molecule has 2 aromatic rings. The number of amides is 3. The number of hydrogen-bond donors (Lipinski definition) is 1. The fourth-order valence-electron chi connectivity index (χ4n) is 4.39. The van der Waals surface area contributed by atoms with E-state index in [9.17, 15) is 9.59 Å². The van der Waals surface area contributed by atoms with Crippen molar-refractivity contribution in [3.63, 3.8) is 0 Å². The SMILES string of the molecule is COc1ccc(CCC(=O)Nc2ccc(N3CCN(C4CCCCC4)C3=O)nc2)cc1. The molecule has 0 bridgehead atoms. The van der Waals surface area contributed by atoms with Gasteiger partial charge in [0.15, 0.2) is 0 Å².